The Morgan fingerprint density at radius 3 is 2.32 bits per heavy atom. The normalized spacial score (nSPS) is 10.0. The topological polar surface area (TPSA) is 66.6 Å². The second kappa shape index (κ2) is 11.1. The van der Waals surface area contributed by atoms with Crippen LogP contribution in [0.3, 0.4) is 0 Å². The number of thiocarbonyl (C=S) groups is 2. The molecule has 0 amide bonds. The average Bonchev–Trinajstić information content (AvgIpc) is 2.68. The van der Waals surface area contributed by atoms with Crippen LogP contribution in [0.2, 0.25) is 10.0 Å². The van der Waals surface area contributed by atoms with E-state index in [-0.39, 0.29) is 0 Å². The minimum atomic E-state index is 0.313. The van der Waals surface area contributed by atoms with Crippen LogP contribution in [0.15, 0.2) is 36.4 Å². The van der Waals surface area contributed by atoms with Crippen molar-refractivity contribution in [3.8, 4) is 11.5 Å². The van der Waals surface area contributed by atoms with Crippen LogP contribution in [0.4, 0.5) is 5.69 Å². The zero-order valence-corrected chi connectivity index (χ0v) is 18.4. The lowest BCUT2D eigenvalue weighted by molar-refractivity contribution is 0.354. The van der Waals surface area contributed by atoms with Crippen LogP contribution in [0.1, 0.15) is 5.56 Å². The Bertz CT molecular complexity index is 852. The number of methoxy groups -OCH3 is 2. The van der Waals surface area contributed by atoms with Crippen molar-refractivity contribution in [3.05, 3.63) is 52.0 Å². The van der Waals surface area contributed by atoms with Gasteiger partial charge in [-0.05, 0) is 66.8 Å². The zero-order valence-electron chi connectivity index (χ0n) is 15.3. The Morgan fingerprint density at radius 1 is 0.929 bits per heavy atom. The van der Waals surface area contributed by atoms with Crippen LogP contribution < -0.4 is 31.0 Å². The molecule has 0 aromatic heterocycles. The second-order valence-electron chi connectivity index (χ2n) is 5.52. The smallest absolute Gasteiger partial charge is 0.189 e. The third-order valence-electron chi connectivity index (χ3n) is 3.62. The molecule has 0 unspecified atom stereocenters. The molecule has 2 aromatic carbocycles. The van der Waals surface area contributed by atoms with Crippen molar-refractivity contribution in [1.29, 1.82) is 0 Å². The van der Waals surface area contributed by atoms with Crippen molar-refractivity contribution in [2.75, 3.05) is 26.1 Å². The van der Waals surface area contributed by atoms with Crippen LogP contribution in [-0.2, 0) is 6.42 Å². The average molecular weight is 459 g/mol. The van der Waals surface area contributed by atoms with E-state index in [9.17, 15) is 0 Å². The van der Waals surface area contributed by atoms with Gasteiger partial charge in [-0.2, -0.15) is 0 Å². The van der Waals surface area contributed by atoms with Crippen molar-refractivity contribution < 1.29 is 9.47 Å². The molecule has 0 spiro atoms. The molecule has 0 fully saturated rings. The molecule has 0 saturated carbocycles. The minimum Gasteiger partial charge on any atom is -0.493 e. The molecule has 0 bridgehead atoms. The fraction of sp³-hybridized carbons (Fsp3) is 0.222. The van der Waals surface area contributed by atoms with E-state index in [2.05, 4.69) is 21.5 Å². The maximum atomic E-state index is 6.09. The van der Waals surface area contributed by atoms with Crippen molar-refractivity contribution in [2.24, 2.45) is 0 Å². The molecule has 0 aliphatic heterocycles. The van der Waals surface area contributed by atoms with Gasteiger partial charge in [-0.25, -0.2) is 0 Å². The third kappa shape index (κ3) is 6.87. The standard InChI is InChI=1S/C18H20Cl2N4O2S2/c1-25-15-6-3-11(9-16(15)26-2)7-8-21-17(27)23-24-18(28)22-14-5-4-12(19)10-13(14)20/h3-6,9-10H,7-8H2,1-2H3,(H2,21,23,27)(H2,22,24,28). The Kier molecular flexibility index (Phi) is 8.85. The molecule has 150 valence electrons. The van der Waals surface area contributed by atoms with Crippen molar-refractivity contribution >= 4 is 63.5 Å². The van der Waals surface area contributed by atoms with Crippen molar-refractivity contribution in [3.63, 3.8) is 0 Å². The number of nitrogens with one attached hydrogen (secondary N) is 4. The quantitative estimate of drug-likeness (QED) is 0.383. The van der Waals surface area contributed by atoms with E-state index < -0.39 is 0 Å². The third-order valence-corrected chi connectivity index (χ3v) is 4.61. The first-order chi connectivity index (χ1) is 13.4. The number of ether oxygens (including phenoxy) is 2. The second-order valence-corrected chi connectivity index (χ2v) is 7.18. The first-order valence-electron chi connectivity index (χ1n) is 8.19. The summed E-state index contributed by atoms with van der Waals surface area (Å²) in [6.07, 6.45) is 0.755. The van der Waals surface area contributed by atoms with E-state index in [0.717, 1.165) is 12.0 Å². The van der Waals surface area contributed by atoms with Gasteiger partial charge in [0.05, 0.1) is 24.9 Å². The van der Waals surface area contributed by atoms with Gasteiger partial charge in [0.1, 0.15) is 0 Å². The van der Waals surface area contributed by atoms with Gasteiger partial charge in [0.25, 0.3) is 0 Å². The number of hydrogen-bond donors (Lipinski definition) is 4. The summed E-state index contributed by atoms with van der Waals surface area (Å²) >= 11 is 22.4. The molecule has 4 N–H and O–H groups in total. The summed E-state index contributed by atoms with van der Waals surface area (Å²) in [5.41, 5.74) is 7.34. The van der Waals surface area contributed by atoms with E-state index in [1.807, 2.05) is 18.2 Å². The number of benzene rings is 2. The van der Waals surface area contributed by atoms with Gasteiger partial charge in [-0.1, -0.05) is 29.3 Å². The largest absolute Gasteiger partial charge is 0.493 e. The highest BCUT2D eigenvalue weighted by molar-refractivity contribution is 7.80. The van der Waals surface area contributed by atoms with Gasteiger partial charge >= 0.3 is 0 Å². The fourth-order valence-corrected chi connectivity index (χ4v) is 3.03. The number of halogens is 2. The molecule has 2 aromatic rings. The highest BCUT2D eigenvalue weighted by Gasteiger charge is 2.06. The summed E-state index contributed by atoms with van der Waals surface area (Å²) in [6, 6.07) is 10.9. The Balaban J connectivity index is 1.73. The monoisotopic (exact) mass is 458 g/mol. The lowest BCUT2D eigenvalue weighted by atomic mass is 10.1. The summed E-state index contributed by atoms with van der Waals surface area (Å²) < 4.78 is 10.5. The maximum absolute atomic E-state index is 6.09. The number of rotatable bonds is 6. The lowest BCUT2D eigenvalue weighted by Gasteiger charge is -2.15. The number of hydrogen-bond acceptors (Lipinski definition) is 4. The van der Waals surface area contributed by atoms with Gasteiger partial charge < -0.3 is 20.1 Å². The summed E-state index contributed by atoms with van der Waals surface area (Å²) in [6.45, 7) is 0.631. The zero-order chi connectivity index (χ0) is 20.5. The van der Waals surface area contributed by atoms with Gasteiger partial charge in [0, 0.05) is 11.6 Å². The number of hydrazine groups is 1. The van der Waals surface area contributed by atoms with Crippen LogP contribution >= 0.6 is 47.6 Å². The Hall–Kier alpha value is -2.00. The van der Waals surface area contributed by atoms with Crippen molar-refractivity contribution in [2.45, 2.75) is 6.42 Å². The summed E-state index contributed by atoms with van der Waals surface area (Å²) in [5, 5.41) is 7.78. The van der Waals surface area contributed by atoms with E-state index in [1.165, 1.54) is 0 Å². The molecule has 6 nitrogen and oxygen atoms in total. The molecular formula is C18H20Cl2N4O2S2. The Labute approximate surface area is 184 Å². The molecule has 2 rings (SSSR count). The predicted octanol–water partition coefficient (Wildman–Crippen LogP) is 3.92. The van der Waals surface area contributed by atoms with Crippen LogP contribution in [0.25, 0.3) is 0 Å². The van der Waals surface area contributed by atoms with Crippen LogP contribution in [0.5, 0.6) is 11.5 Å². The van der Waals surface area contributed by atoms with Gasteiger partial charge in [0.2, 0.25) is 0 Å². The summed E-state index contributed by atoms with van der Waals surface area (Å²) in [5.74, 6) is 1.39. The van der Waals surface area contributed by atoms with Crippen LogP contribution in [-0.4, -0.2) is 31.0 Å². The number of anilines is 1. The SMILES string of the molecule is COc1ccc(CCNC(=S)NNC(=S)Nc2ccc(Cl)cc2Cl)cc1OC. The molecule has 0 saturated heterocycles. The molecule has 0 aliphatic rings. The van der Waals surface area contributed by atoms with E-state index in [1.54, 1.807) is 32.4 Å². The maximum Gasteiger partial charge on any atom is 0.189 e. The van der Waals surface area contributed by atoms with Gasteiger partial charge in [-0.3, -0.25) is 10.9 Å². The predicted molar refractivity (Wildman–Crippen MR) is 123 cm³/mol. The van der Waals surface area contributed by atoms with Gasteiger partial charge in [0.15, 0.2) is 21.7 Å². The molecule has 0 radical (unpaired) electrons. The highest BCUT2D eigenvalue weighted by atomic mass is 35.5. The summed E-state index contributed by atoms with van der Waals surface area (Å²) in [4.78, 5) is 0. The molecular weight excluding hydrogens is 439 g/mol. The van der Waals surface area contributed by atoms with E-state index in [4.69, 9.17) is 57.1 Å². The molecule has 10 heteroatoms. The van der Waals surface area contributed by atoms with Crippen LogP contribution in [0, 0.1) is 0 Å². The molecule has 0 heterocycles. The first-order valence-corrected chi connectivity index (χ1v) is 9.77. The molecule has 28 heavy (non-hydrogen) atoms. The molecule has 0 aliphatic carbocycles. The Morgan fingerprint density at radius 2 is 1.64 bits per heavy atom. The molecule has 0 atom stereocenters. The first kappa shape index (κ1) is 22.3. The lowest BCUT2D eigenvalue weighted by Crippen LogP contribution is -2.48. The van der Waals surface area contributed by atoms with Crippen molar-refractivity contribution in [1.82, 2.24) is 16.2 Å². The summed E-state index contributed by atoms with van der Waals surface area (Å²) in [7, 11) is 3.22. The minimum absolute atomic E-state index is 0.313. The fourth-order valence-electron chi connectivity index (χ4n) is 2.26. The highest BCUT2D eigenvalue weighted by Crippen LogP contribution is 2.27. The van der Waals surface area contributed by atoms with E-state index >= 15 is 0 Å². The van der Waals surface area contributed by atoms with E-state index in [0.29, 0.717) is 44.0 Å². The van der Waals surface area contributed by atoms with Gasteiger partial charge in [-0.15, -0.1) is 0 Å².